The average Bonchev–Trinajstić information content (AvgIpc) is 3.26. The number of para-hydroxylation sites is 1. The molecule has 0 heterocycles. The predicted octanol–water partition coefficient (Wildman–Crippen LogP) is 3.04. The zero-order valence-corrected chi connectivity index (χ0v) is 19.2. The minimum atomic E-state index is 0.282. The molecular formula is C23H40N4O3. The van der Waals surface area contributed by atoms with Crippen molar-refractivity contribution in [2.45, 2.75) is 51.7 Å². The van der Waals surface area contributed by atoms with Gasteiger partial charge in [-0.2, -0.15) is 0 Å². The Balaban J connectivity index is 1.95. The van der Waals surface area contributed by atoms with E-state index < -0.39 is 0 Å². The first kappa shape index (κ1) is 24.3. The molecule has 7 nitrogen and oxygen atoms in total. The van der Waals surface area contributed by atoms with Crippen molar-refractivity contribution >= 4 is 5.96 Å². The van der Waals surface area contributed by atoms with Crippen molar-refractivity contribution in [1.29, 1.82) is 0 Å². The third kappa shape index (κ3) is 8.40. The Kier molecular flexibility index (Phi) is 11.4. The maximum absolute atomic E-state index is 6.33. The monoisotopic (exact) mass is 420 g/mol. The highest BCUT2D eigenvalue weighted by Gasteiger charge is 2.20. The molecule has 1 aromatic rings. The maximum Gasteiger partial charge on any atom is 0.191 e. The molecular weight excluding hydrogens is 380 g/mol. The first-order valence-electron chi connectivity index (χ1n) is 11.2. The number of guanidine groups is 1. The lowest BCUT2D eigenvalue weighted by Gasteiger charge is -2.19. The molecule has 1 saturated carbocycles. The predicted molar refractivity (Wildman–Crippen MR) is 123 cm³/mol. The van der Waals surface area contributed by atoms with Crippen LogP contribution >= 0.6 is 0 Å². The highest BCUT2D eigenvalue weighted by molar-refractivity contribution is 5.79. The van der Waals surface area contributed by atoms with E-state index >= 15 is 0 Å². The van der Waals surface area contributed by atoms with Crippen molar-refractivity contribution in [2.24, 2.45) is 4.99 Å². The van der Waals surface area contributed by atoms with Gasteiger partial charge in [0.15, 0.2) is 17.5 Å². The normalized spacial score (nSPS) is 14.9. The number of likely N-dealkylation sites (N-methyl/N-ethyl adjacent to an activating group) is 1. The number of aliphatic imine (C=N–C) groups is 1. The summed E-state index contributed by atoms with van der Waals surface area (Å²) in [4.78, 5) is 7.08. The van der Waals surface area contributed by atoms with Crippen LogP contribution in [0.15, 0.2) is 23.2 Å². The average molecular weight is 421 g/mol. The fourth-order valence-corrected chi connectivity index (χ4v) is 3.61. The van der Waals surface area contributed by atoms with E-state index in [4.69, 9.17) is 19.2 Å². The molecule has 0 spiro atoms. The summed E-state index contributed by atoms with van der Waals surface area (Å²) in [5.41, 5.74) is 1.05. The summed E-state index contributed by atoms with van der Waals surface area (Å²) in [5.74, 6) is 2.44. The summed E-state index contributed by atoms with van der Waals surface area (Å²) < 4.78 is 17.0. The lowest BCUT2D eigenvalue weighted by atomic mass is 10.1. The second-order valence-electron chi connectivity index (χ2n) is 7.74. The number of methoxy groups -OCH3 is 2. The van der Waals surface area contributed by atoms with Gasteiger partial charge in [-0.15, -0.1) is 0 Å². The van der Waals surface area contributed by atoms with E-state index in [0.29, 0.717) is 6.54 Å². The fraction of sp³-hybridized carbons (Fsp3) is 0.696. The molecule has 2 N–H and O–H groups in total. The van der Waals surface area contributed by atoms with Gasteiger partial charge in [-0.1, -0.05) is 12.1 Å². The molecule has 0 unspecified atom stereocenters. The molecule has 2 rings (SSSR count). The van der Waals surface area contributed by atoms with Crippen LogP contribution in [0.4, 0.5) is 0 Å². The van der Waals surface area contributed by atoms with E-state index in [0.717, 1.165) is 75.1 Å². The highest BCUT2D eigenvalue weighted by atomic mass is 16.5. The van der Waals surface area contributed by atoms with Gasteiger partial charge in [-0.25, -0.2) is 4.99 Å². The van der Waals surface area contributed by atoms with Gasteiger partial charge >= 0.3 is 0 Å². The van der Waals surface area contributed by atoms with Gasteiger partial charge < -0.3 is 29.7 Å². The molecule has 1 aliphatic rings. The van der Waals surface area contributed by atoms with Crippen molar-refractivity contribution in [2.75, 3.05) is 54.1 Å². The minimum Gasteiger partial charge on any atom is -0.493 e. The third-order valence-corrected chi connectivity index (χ3v) is 5.29. The quantitative estimate of drug-likeness (QED) is 0.290. The van der Waals surface area contributed by atoms with Gasteiger partial charge in [-0.3, -0.25) is 0 Å². The zero-order valence-electron chi connectivity index (χ0n) is 19.2. The molecule has 0 radical (unpaired) electrons. The Hall–Kier alpha value is -1.99. The van der Waals surface area contributed by atoms with Gasteiger partial charge in [0.1, 0.15) is 0 Å². The van der Waals surface area contributed by atoms with E-state index in [1.807, 2.05) is 12.1 Å². The van der Waals surface area contributed by atoms with Crippen LogP contribution in [0.1, 0.15) is 44.6 Å². The van der Waals surface area contributed by atoms with Crippen LogP contribution in [0.5, 0.6) is 11.5 Å². The first-order valence-corrected chi connectivity index (χ1v) is 11.2. The van der Waals surface area contributed by atoms with Crippen molar-refractivity contribution in [3.63, 3.8) is 0 Å². The van der Waals surface area contributed by atoms with Crippen LogP contribution in [0.3, 0.4) is 0 Å². The standard InChI is InChI=1S/C23H40N4O3/c1-5-24-23(25-14-16-27(2)15-9-17-28-3)26-18-19-10-8-13-21(29-4)22(19)30-20-11-6-7-12-20/h8,10,13,20H,5-7,9,11-12,14-18H2,1-4H3,(H2,24,25,26). The summed E-state index contributed by atoms with van der Waals surface area (Å²) in [7, 11) is 5.57. The van der Waals surface area contributed by atoms with E-state index in [1.54, 1.807) is 14.2 Å². The lowest BCUT2D eigenvalue weighted by Crippen LogP contribution is -2.41. The number of nitrogens with zero attached hydrogens (tertiary/aromatic N) is 2. The van der Waals surface area contributed by atoms with Crippen LogP contribution in [0.25, 0.3) is 0 Å². The minimum absolute atomic E-state index is 0.282. The molecule has 1 fully saturated rings. The summed E-state index contributed by atoms with van der Waals surface area (Å²) in [6, 6.07) is 6.03. The summed E-state index contributed by atoms with van der Waals surface area (Å²) in [6.45, 7) is 7.04. The SMILES string of the molecule is CCNC(=NCc1cccc(OC)c1OC1CCCC1)NCCN(C)CCCOC. The van der Waals surface area contributed by atoms with E-state index in [-0.39, 0.29) is 6.10 Å². The Morgan fingerprint density at radius 1 is 1.17 bits per heavy atom. The number of nitrogens with one attached hydrogen (secondary N) is 2. The number of hydrogen-bond donors (Lipinski definition) is 2. The molecule has 7 heteroatoms. The van der Waals surface area contributed by atoms with Gasteiger partial charge in [-0.05, 0) is 52.1 Å². The third-order valence-electron chi connectivity index (χ3n) is 5.29. The Labute approximate surface area is 182 Å². The molecule has 0 saturated heterocycles. The van der Waals surface area contributed by atoms with Crippen molar-refractivity contribution in [3.05, 3.63) is 23.8 Å². The molecule has 0 bridgehead atoms. The Morgan fingerprint density at radius 2 is 1.97 bits per heavy atom. The Bertz CT molecular complexity index is 633. The van der Waals surface area contributed by atoms with Crippen molar-refractivity contribution in [1.82, 2.24) is 15.5 Å². The van der Waals surface area contributed by atoms with Gasteiger partial charge in [0.2, 0.25) is 0 Å². The largest absolute Gasteiger partial charge is 0.493 e. The molecule has 1 aliphatic carbocycles. The number of benzene rings is 1. The van der Waals surface area contributed by atoms with Gasteiger partial charge in [0.25, 0.3) is 0 Å². The zero-order chi connectivity index (χ0) is 21.6. The number of rotatable bonds is 13. The van der Waals surface area contributed by atoms with E-state index in [2.05, 4.69) is 35.6 Å². The number of hydrogen-bond acceptors (Lipinski definition) is 5. The van der Waals surface area contributed by atoms with E-state index in [1.165, 1.54) is 12.8 Å². The smallest absolute Gasteiger partial charge is 0.191 e. The van der Waals surface area contributed by atoms with Crippen LogP contribution < -0.4 is 20.1 Å². The van der Waals surface area contributed by atoms with Crippen LogP contribution in [0.2, 0.25) is 0 Å². The first-order chi connectivity index (χ1) is 14.7. The molecule has 1 aromatic carbocycles. The van der Waals surface area contributed by atoms with Crippen LogP contribution in [-0.2, 0) is 11.3 Å². The topological polar surface area (TPSA) is 67.4 Å². The lowest BCUT2D eigenvalue weighted by molar-refractivity contribution is 0.180. The van der Waals surface area contributed by atoms with Crippen LogP contribution in [0, 0.1) is 0 Å². The molecule has 0 atom stereocenters. The molecule has 30 heavy (non-hydrogen) atoms. The van der Waals surface area contributed by atoms with Gasteiger partial charge in [0, 0.05) is 45.5 Å². The van der Waals surface area contributed by atoms with Crippen molar-refractivity contribution in [3.8, 4) is 11.5 Å². The fourth-order valence-electron chi connectivity index (χ4n) is 3.61. The summed E-state index contributed by atoms with van der Waals surface area (Å²) >= 11 is 0. The Morgan fingerprint density at radius 3 is 2.67 bits per heavy atom. The molecule has 170 valence electrons. The highest BCUT2D eigenvalue weighted by Crippen LogP contribution is 2.35. The molecule has 0 aliphatic heterocycles. The second kappa shape index (κ2) is 14.1. The van der Waals surface area contributed by atoms with Crippen LogP contribution in [-0.4, -0.2) is 71.0 Å². The number of ether oxygens (including phenoxy) is 3. The van der Waals surface area contributed by atoms with Gasteiger partial charge in [0.05, 0.1) is 19.8 Å². The van der Waals surface area contributed by atoms with E-state index in [9.17, 15) is 0 Å². The summed E-state index contributed by atoms with van der Waals surface area (Å²) in [5, 5.41) is 6.76. The molecule has 0 aromatic heterocycles. The second-order valence-corrected chi connectivity index (χ2v) is 7.74. The maximum atomic E-state index is 6.33. The van der Waals surface area contributed by atoms with Crippen molar-refractivity contribution < 1.29 is 14.2 Å². The molecule has 0 amide bonds. The summed E-state index contributed by atoms with van der Waals surface area (Å²) in [6.07, 6.45) is 6.03.